The fraction of sp³-hybridized carbons (Fsp3) is 0. The lowest BCUT2D eigenvalue weighted by Gasteiger charge is -2.26. The summed E-state index contributed by atoms with van der Waals surface area (Å²) in [5.74, 6) is 0. The molecule has 9 rings (SSSR count). The molecule has 0 amide bonds. The van der Waals surface area contributed by atoms with Crippen molar-refractivity contribution in [2.45, 2.75) is 0 Å². The second kappa shape index (κ2) is 12.0. The molecule has 0 spiro atoms. The summed E-state index contributed by atoms with van der Waals surface area (Å²) in [5.41, 5.74) is 10.7. The number of thiophene rings is 1. The van der Waals surface area contributed by atoms with Crippen molar-refractivity contribution >= 4 is 59.3 Å². The Morgan fingerprint density at radius 3 is 1.67 bits per heavy atom. The standard InChI is InChI=1S/C46H31NS/c1-3-11-32(12-4-1)34-21-26-38(27-22-34)47(40-17-9-16-37(31-40)33-13-5-2-6-14-33)39-28-23-36(24-29-39)41-19-10-20-44-45(41)43-30-25-35-15-7-8-18-42(35)46(43)48-44/h1-31H. The van der Waals surface area contributed by atoms with Gasteiger partial charge in [0.15, 0.2) is 0 Å². The van der Waals surface area contributed by atoms with E-state index < -0.39 is 0 Å². The van der Waals surface area contributed by atoms with E-state index >= 15 is 0 Å². The molecule has 0 bridgehead atoms. The van der Waals surface area contributed by atoms with Crippen LogP contribution in [0.25, 0.3) is 64.3 Å². The fourth-order valence-corrected chi connectivity index (χ4v) is 8.18. The van der Waals surface area contributed by atoms with Crippen LogP contribution in [0.1, 0.15) is 0 Å². The highest BCUT2D eigenvalue weighted by Crippen LogP contribution is 2.44. The lowest BCUT2D eigenvalue weighted by Crippen LogP contribution is -2.10. The molecule has 0 aliphatic carbocycles. The van der Waals surface area contributed by atoms with Gasteiger partial charge in [-0.2, -0.15) is 0 Å². The number of nitrogens with zero attached hydrogens (tertiary/aromatic N) is 1. The van der Waals surface area contributed by atoms with Crippen LogP contribution < -0.4 is 4.90 Å². The molecule has 0 saturated carbocycles. The van der Waals surface area contributed by atoms with Crippen LogP contribution in [-0.2, 0) is 0 Å². The van der Waals surface area contributed by atoms with Crippen molar-refractivity contribution in [1.29, 1.82) is 0 Å². The molecule has 226 valence electrons. The maximum absolute atomic E-state index is 2.36. The molecule has 0 radical (unpaired) electrons. The van der Waals surface area contributed by atoms with Crippen LogP contribution in [0.5, 0.6) is 0 Å². The van der Waals surface area contributed by atoms with Gasteiger partial charge in [0.25, 0.3) is 0 Å². The zero-order chi connectivity index (χ0) is 31.9. The molecule has 0 atom stereocenters. The van der Waals surface area contributed by atoms with Crippen molar-refractivity contribution in [1.82, 2.24) is 0 Å². The van der Waals surface area contributed by atoms with Gasteiger partial charge in [0.2, 0.25) is 0 Å². The first kappa shape index (κ1) is 28.3. The van der Waals surface area contributed by atoms with E-state index in [9.17, 15) is 0 Å². The van der Waals surface area contributed by atoms with Gasteiger partial charge in [-0.05, 0) is 86.6 Å². The van der Waals surface area contributed by atoms with E-state index in [1.165, 1.54) is 64.3 Å². The van der Waals surface area contributed by atoms with E-state index in [0.29, 0.717) is 0 Å². The summed E-state index contributed by atoms with van der Waals surface area (Å²) in [6, 6.07) is 68.0. The Morgan fingerprint density at radius 1 is 0.354 bits per heavy atom. The van der Waals surface area contributed by atoms with Crippen molar-refractivity contribution in [3.05, 3.63) is 188 Å². The zero-order valence-electron chi connectivity index (χ0n) is 26.3. The average Bonchev–Trinajstić information content (AvgIpc) is 3.56. The Balaban J connectivity index is 1.15. The highest BCUT2D eigenvalue weighted by molar-refractivity contribution is 7.26. The van der Waals surface area contributed by atoms with Crippen molar-refractivity contribution in [3.63, 3.8) is 0 Å². The highest BCUT2D eigenvalue weighted by atomic mass is 32.1. The molecule has 8 aromatic carbocycles. The molecule has 0 N–H and O–H groups in total. The quantitative estimate of drug-likeness (QED) is 0.177. The van der Waals surface area contributed by atoms with Gasteiger partial charge in [-0.1, -0.05) is 146 Å². The first-order chi connectivity index (χ1) is 23.8. The number of hydrogen-bond donors (Lipinski definition) is 0. The molecule has 0 aliphatic rings. The molecule has 0 saturated heterocycles. The van der Waals surface area contributed by atoms with Crippen LogP contribution in [0.3, 0.4) is 0 Å². The predicted molar refractivity (Wildman–Crippen MR) is 208 cm³/mol. The summed E-state index contributed by atoms with van der Waals surface area (Å²) in [5, 5.41) is 5.27. The Morgan fingerprint density at radius 2 is 0.938 bits per heavy atom. The molecule has 1 aromatic heterocycles. The van der Waals surface area contributed by atoms with Crippen LogP contribution in [0, 0.1) is 0 Å². The molecule has 48 heavy (non-hydrogen) atoms. The summed E-state index contributed by atoms with van der Waals surface area (Å²) >= 11 is 1.89. The SMILES string of the molecule is c1ccc(-c2ccc(N(c3ccc(-c4cccc5sc6c7ccccc7ccc6c45)cc3)c3cccc(-c4ccccc4)c3)cc2)cc1. The van der Waals surface area contributed by atoms with Gasteiger partial charge in [-0.15, -0.1) is 11.3 Å². The summed E-state index contributed by atoms with van der Waals surface area (Å²) in [7, 11) is 0. The van der Waals surface area contributed by atoms with Gasteiger partial charge in [0.05, 0.1) is 0 Å². The van der Waals surface area contributed by atoms with Crippen molar-refractivity contribution in [2.75, 3.05) is 4.90 Å². The molecule has 1 heterocycles. The molecule has 1 nitrogen and oxygen atoms in total. The third-order valence-electron chi connectivity index (χ3n) is 9.27. The number of hydrogen-bond acceptors (Lipinski definition) is 2. The van der Waals surface area contributed by atoms with E-state index in [2.05, 4.69) is 193 Å². The first-order valence-electron chi connectivity index (χ1n) is 16.3. The maximum atomic E-state index is 2.36. The molecule has 0 unspecified atom stereocenters. The van der Waals surface area contributed by atoms with E-state index in [4.69, 9.17) is 0 Å². The highest BCUT2D eigenvalue weighted by Gasteiger charge is 2.16. The van der Waals surface area contributed by atoms with Gasteiger partial charge < -0.3 is 4.90 Å². The van der Waals surface area contributed by atoms with Crippen molar-refractivity contribution in [2.24, 2.45) is 0 Å². The van der Waals surface area contributed by atoms with Crippen molar-refractivity contribution < 1.29 is 0 Å². The first-order valence-corrected chi connectivity index (χ1v) is 17.2. The van der Waals surface area contributed by atoms with Crippen molar-refractivity contribution in [3.8, 4) is 33.4 Å². The summed E-state index contributed by atoms with van der Waals surface area (Å²) in [6.07, 6.45) is 0. The lowest BCUT2D eigenvalue weighted by atomic mass is 9.98. The van der Waals surface area contributed by atoms with Crippen LogP contribution in [0.4, 0.5) is 17.1 Å². The zero-order valence-corrected chi connectivity index (χ0v) is 27.1. The van der Waals surface area contributed by atoms with Crippen LogP contribution in [0.2, 0.25) is 0 Å². The van der Waals surface area contributed by atoms with Crippen LogP contribution in [0.15, 0.2) is 188 Å². The molecule has 9 aromatic rings. The lowest BCUT2D eigenvalue weighted by molar-refractivity contribution is 1.28. The molecule has 0 fully saturated rings. The topological polar surface area (TPSA) is 3.24 Å². The number of benzene rings is 8. The molecule has 0 aliphatic heterocycles. The Labute approximate surface area is 284 Å². The second-order valence-electron chi connectivity index (χ2n) is 12.2. The Kier molecular flexibility index (Phi) is 7.07. The van der Waals surface area contributed by atoms with E-state index in [1.807, 2.05) is 11.3 Å². The molecular weight excluding hydrogens is 599 g/mol. The Hall–Kier alpha value is -5.96. The van der Waals surface area contributed by atoms with Crippen LogP contribution in [-0.4, -0.2) is 0 Å². The van der Waals surface area contributed by atoms with Gasteiger partial charge in [0.1, 0.15) is 0 Å². The van der Waals surface area contributed by atoms with Gasteiger partial charge in [-0.3, -0.25) is 0 Å². The molecule has 2 heteroatoms. The Bertz CT molecular complexity index is 2530. The van der Waals surface area contributed by atoms with Gasteiger partial charge in [-0.25, -0.2) is 0 Å². The minimum absolute atomic E-state index is 1.12. The minimum atomic E-state index is 1.12. The van der Waals surface area contributed by atoms with E-state index in [0.717, 1.165) is 17.1 Å². The summed E-state index contributed by atoms with van der Waals surface area (Å²) < 4.78 is 2.68. The van der Waals surface area contributed by atoms with E-state index in [1.54, 1.807) is 0 Å². The fourth-order valence-electron chi connectivity index (χ4n) is 6.92. The van der Waals surface area contributed by atoms with Crippen LogP contribution >= 0.6 is 11.3 Å². The summed E-state index contributed by atoms with van der Waals surface area (Å²) in [4.78, 5) is 2.36. The largest absolute Gasteiger partial charge is 0.310 e. The third kappa shape index (κ3) is 5.04. The summed E-state index contributed by atoms with van der Waals surface area (Å²) in [6.45, 7) is 0. The average molecular weight is 630 g/mol. The minimum Gasteiger partial charge on any atom is -0.310 e. The number of fused-ring (bicyclic) bond motifs is 5. The second-order valence-corrected chi connectivity index (χ2v) is 13.2. The van der Waals surface area contributed by atoms with Gasteiger partial charge >= 0.3 is 0 Å². The normalized spacial score (nSPS) is 11.3. The third-order valence-corrected chi connectivity index (χ3v) is 10.5. The number of rotatable bonds is 6. The maximum Gasteiger partial charge on any atom is 0.0467 e. The smallest absolute Gasteiger partial charge is 0.0467 e. The predicted octanol–water partition coefficient (Wildman–Crippen LogP) is 13.7. The monoisotopic (exact) mass is 629 g/mol. The van der Waals surface area contributed by atoms with E-state index in [-0.39, 0.29) is 0 Å². The molecular formula is C46H31NS. The number of anilines is 3. The van der Waals surface area contributed by atoms with Gasteiger partial charge in [0, 0.05) is 37.2 Å².